The molecule has 0 aromatic rings. The third-order valence-corrected chi connectivity index (χ3v) is 2.76. The van der Waals surface area contributed by atoms with Gasteiger partial charge in [-0.2, -0.15) is 0 Å². The van der Waals surface area contributed by atoms with Gasteiger partial charge in [0, 0.05) is 10.00 Å². The van der Waals surface area contributed by atoms with Crippen molar-refractivity contribution in [3.05, 3.63) is 0 Å². The highest BCUT2D eigenvalue weighted by Gasteiger charge is 2.14. The van der Waals surface area contributed by atoms with Crippen LogP contribution in [0.2, 0.25) is 0 Å². The van der Waals surface area contributed by atoms with Crippen LogP contribution in [0.25, 0.3) is 0 Å². The fourth-order valence-electron chi connectivity index (χ4n) is 0.516. The van der Waals surface area contributed by atoms with E-state index in [4.69, 9.17) is 5.41 Å². The molecule has 3 heteroatoms. The Morgan fingerprint density at radius 3 is 2.00 bits per heavy atom. The minimum absolute atomic E-state index is 0.180. The van der Waals surface area contributed by atoms with E-state index >= 15 is 0 Å². The number of hydrogen-bond donors (Lipinski definition) is 1. The van der Waals surface area contributed by atoms with E-state index in [1.165, 1.54) is 0 Å². The lowest BCUT2D eigenvalue weighted by atomic mass is 10.3. The molecule has 0 aromatic carbocycles. The van der Waals surface area contributed by atoms with Crippen molar-refractivity contribution in [1.29, 1.82) is 5.41 Å². The molecule has 0 atom stereocenters. The number of nitrogens with one attached hydrogen (secondary N) is 1. The highest BCUT2D eigenvalue weighted by molar-refractivity contribution is 8.39. The number of rotatable bonds is 1. The monoisotopic (exact) mass is 191 g/mol. The molecule has 0 heterocycles. The summed E-state index contributed by atoms with van der Waals surface area (Å²) in [5.74, 6) is 0. The molecule has 0 radical (unpaired) electrons. The van der Waals surface area contributed by atoms with Gasteiger partial charge < -0.3 is 0 Å². The Bertz CT molecular complexity index is 136. The largest absolute Gasteiger partial charge is 0.288 e. The van der Waals surface area contributed by atoms with Gasteiger partial charge in [-0.15, -0.1) is 0 Å². The lowest BCUT2D eigenvalue weighted by Gasteiger charge is -2.18. The maximum atomic E-state index is 7.60. The first kappa shape index (κ1) is 11.4. The SMILES string of the molecule is CC(C)SC(=N)SC(C)(C)C. The lowest BCUT2D eigenvalue weighted by molar-refractivity contribution is 0.809. The maximum absolute atomic E-state index is 7.60. The van der Waals surface area contributed by atoms with Crippen LogP contribution in [0.15, 0.2) is 0 Å². The topological polar surface area (TPSA) is 23.9 Å². The summed E-state index contributed by atoms with van der Waals surface area (Å²) in [6, 6.07) is 0. The number of thioether (sulfide) groups is 2. The Kier molecular flexibility index (Phi) is 4.56. The van der Waals surface area contributed by atoms with Gasteiger partial charge in [0.05, 0.1) is 0 Å². The van der Waals surface area contributed by atoms with Gasteiger partial charge in [0.15, 0.2) is 0 Å². The molecular formula is C8H17NS2. The van der Waals surface area contributed by atoms with Crippen LogP contribution in [-0.4, -0.2) is 14.4 Å². The Labute approximate surface area is 78.2 Å². The highest BCUT2D eigenvalue weighted by atomic mass is 32.2. The maximum Gasteiger partial charge on any atom is 0.122 e. The predicted octanol–water partition coefficient (Wildman–Crippen LogP) is 3.59. The second-order valence-electron chi connectivity index (χ2n) is 3.67. The van der Waals surface area contributed by atoms with Crippen molar-refractivity contribution >= 4 is 27.9 Å². The molecule has 0 saturated carbocycles. The van der Waals surface area contributed by atoms with E-state index in [-0.39, 0.29) is 4.75 Å². The number of hydrogen-bond acceptors (Lipinski definition) is 3. The van der Waals surface area contributed by atoms with Crippen molar-refractivity contribution in [3.8, 4) is 0 Å². The third kappa shape index (κ3) is 8.27. The summed E-state index contributed by atoms with van der Waals surface area (Å²) in [5, 5.41) is 8.13. The Morgan fingerprint density at radius 2 is 1.73 bits per heavy atom. The molecule has 0 unspecified atom stereocenters. The fraction of sp³-hybridized carbons (Fsp3) is 0.875. The molecule has 0 aliphatic rings. The van der Waals surface area contributed by atoms with E-state index < -0.39 is 0 Å². The van der Waals surface area contributed by atoms with E-state index in [9.17, 15) is 0 Å². The summed E-state index contributed by atoms with van der Waals surface area (Å²) >= 11 is 3.26. The van der Waals surface area contributed by atoms with Gasteiger partial charge in [-0.05, 0) is 0 Å². The van der Waals surface area contributed by atoms with Crippen molar-refractivity contribution < 1.29 is 0 Å². The molecule has 0 aliphatic carbocycles. The zero-order chi connectivity index (χ0) is 9.07. The summed E-state index contributed by atoms with van der Waals surface area (Å²) in [6.45, 7) is 10.6. The van der Waals surface area contributed by atoms with Crippen molar-refractivity contribution in [1.82, 2.24) is 0 Å². The van der Waals surface area contributed by atoms with Crippen LogP contribution in [0.4, 0.5) is 0 Å². The van der Waals surface area contributed by atoms with Crippen molar-refractivity contribution in [2.45, 2.75) is 44.6 Å². The molecule has 0 amide bonds. The van der Waals surface area contributed by atoms with E-state index in [0.717, 1.165) is 4.38 Å². The van der Waals surface area contributed by atoms with Crippen LogP contribution < -0.4 is 0 Å². The molecule has 0 aromatic heterocycles. The molecule has 0 rings (SSSR count). The van der Waals surface area contributed by atoms with Gasteiger partial charge in [-0.1, -0.05) is 58.1 Å². The molecule has 0 bridgehead atoms. The first-order chi connectivity index (χ1) is 4.81. The van der Waals surface area contributed by atoms with Crippen LogP contribution in [-0.2, 0) is 0 Å². The molecule has 0 aliphatic heterocycles. The highest BCUT2D eigenvalue weighted by Crippen LogP contribution is 2.30. The van der Waals surface area contributed by atoms with E-state index in [2.05, 4.69) is 34.6 Å². The van der Waals surface area contributed by atoms with Crippen molar-refractivity contribution in [2.24, 2.45) is 0 Å². The van der Waals surface area contributed by atoms with Gasteiger partial charge >= 0.3 is 0 Å². The van der Waals surface area contributed by atoms with E-state index in [0.29, 0.717) is 5.25 Å². The molecule has 0 saturated heterocycles. The van der Waals surface area contributed by atoms with E-state index in [1.807, 2.05) is 0 Å². The first-order valence-electron chi connectivity index (χ1n) is 3.75. The van der Waals surface area contributed by atoms with Crippen molar-refractivity contribution in [2.75, 3.05) is 0 Å². The summed E-state index contributed by atoms with van der Waals surface area (Å²) in [5.41, 5.74) is 0. The predicted molar refractivity (Wildman–Crippen MR) is 57.8 cm³/mol. The van der Waals surface area contributed by atoms with Gasteiger partial charge in [0.2, 0.25) is 0 Å². The lowest BCUT2D eigenvalue weighted by Crippen LogP contribution is -2.10. The van der Waals surface area contributed by atoms with E-state index in [1.54, 1.807) is 23.5 Å². The zero-order valence-corrected chi connectivity index (χ0v) is 9.53. The van der Waals surface area contributed by atoms with Gasteiger partial charge in [0.25, 0.3) is 0 Å². The molecule has 0 fully saturated rings. The Balaban J connectivity index is 3.71. The van der Waals surface area contributed by atoms with Gasteiger partial charge in [0.1, 0.15) is 4.38 Å². The average molecular weight is 191 g/mol. The van der Waals surface area contributed by atoms with Gasteiger partial charge in [-0.3, -0.25) is 5.41 Å². The average Bonchev–Trinajstić information content (AvgIpc) is 1.53. The smallest absolute Gasteiger partial charge is 0.122 e. The molecule has 1 nitrogen and oxygen atoms in total. The Hall–Kier alpha value is 0.370. The van der Waals surface area contributed by atoms with Crippen LogP contribution in [0.3, 0.4) is 0 Å². The summed E-state index contributed by atoms with van der Waals surface area (Å²) in [6.07, 6.45) is 0. The van der Waals surface area contributed by atoms with Crippen LogP contribution in [0.5, 0.6) is 0 Å². The molecule has 0 spiro atoms. The molecule has 66 valence electrons. The van der Waals surface area contributed by atoms with Crippen LogP contribution in [0.1, 0.15) is 34.6 Å². The second-order valence-corrected chi connectivity index (χ2v) is 7.35. The van der Waals surface area contributed by atoms with Crippen LogP contribution >= 0.6 is 23.5 Å². The van der Waals surface area contributed by atoms with Crippen molar-refractivity contribution in [3.63, 3.8) is 0 Å². The summed E-state index contributed by atoms with van der Waals surface area (Å²) in [4.78, 5) is 0. The summed E-state index contributed by atoms with van der Waals surface area (Å²) in [7, 11) is 0. The fourth-order valence-corrected chi connectivity index (χ4v) is 3.02. The minimum Gasteiger partial charge on any atom is -0.288 e. The van der Waals surface area contributed by atoms with Crippen LogP contribution in [0, 0.1) is 5.41 Å². The zero-order valence-electron chi connectivity index (χ0n) is 7.89. The standard InChI is InChI=1S/C8H17NS2/c1-6(2)10-7(9)11-8(3,4)5/h6,9H,1-5H3. The third-order valence-electron chi connectivity index (χ3n) is 0.742. The molecular weight excluding hydrogens is 174 g/mol. The molecule has 1 N–H and O–H groups in total. The first-order valence-corrected chi connectivity index (χ1v) is 5.45. The Morgan fingerprint density at radius 1 is 1.27 bits per heavy atom. The quantitative estimate of drug-likeness (QED) is 0.506. The molecule has 11 heavy (non-hydrogen) atoms. The minimum atomic E-state index is 0.180. The normalized spacial score (nSPS) is 12.2. The van der Waals surface area contributed by atoms with Gasteiger partial charge in [-0.25, -0.2) is 0 Å². The second kappa shape index (κ2) is 4.41. The summed E-state index contributed by atoms with van der Waals surface area (Å²) < 4.78 is 0.909.